The number of aliphatic carboxylic acids is 1. The summed E-state index contributed by atoms with van der Waals surface area (Å²) < 4.78 is 37.8. The van der Waals surface area contributed by atoms with Crippen LogP contribution >= 0.6 is 0 Å². The molecule has 1 aromatic carbocycles. The summed E-state index contributed by atoms with van der Waals surface area (Å²) in [6, 6.07) is 5.41. The van der Waals surface area contributed by atoms with Crippen molar-refractivity contribution in [1.82, 2.24) is 9.78 Å². The van der Waals surface area contributed by atoms with Gasteiger partial charge in [-0.25, -0.2) is 0 Å². The molecule has 2 aromatic rings. The second kappa shape index (κ2) is 6.21. The van der Waals surface area contributed by atoms with Crippen LogP contribution in [-0.2, 0) is 17.8 Å². The fourth-order valence-electron chi connectivity index (χ4n) is 2.23. The second-order valence-electron chi connectivity index (χ2n) is 5.08. The van der Waals surface area contributed by atoms with Crippen LogP contribution < -0.4 is 0 Å². The normalized spacial score (nSPS) is 11.6. The Bertz CT molecular complexity index is 678. The van der Waals surface area contributed by atoms with Crippen LogP contribution in [0.3, 0.4) is 0 Å². The van der Waals surface area contributed by atoms with Crippen molar-refractivity contribution in [2.45, 2.75) is 32.5 Å². The summed E-state index contributed by atoms with van der Waals surface area (Å²) in [4.78, 5) is 10.6. The van der Waals surface area contributed by atoms with E-state index in [0.29, 0.717) is 12.0 Å². The quantitative estimate of drug-likeness (QED) is 0.920. The zero-order valence-electron chi connectivity index (χ0n) is 11.9. The number of nitrogens with zero attached hydrogens (tertiary/aromatic N) is 2. The highest BCUT2D eigenvalue weighted by Gasteiger charge is 2.28. The van der Waals surface area contributed by atoms with Crippen LogP contribution in [0.15, 0.2) is 30.6 Å². The minimum atomic E-state index is -4.31. The largest absolute Gasteiger partial charge is 0.481 e. The number of benzene rings is 1. The summed E-state index contributed by atoms with van der Waals surface area (Å²) in [5, 5.41) is 12.4. The summed E-state index contributed by atoms with van der Waals surface area (Å²) >= 11 is 0. The van der Waals surface area contributed by atoms with Crippen LogP contribution in [0, 0.1) is 6.92 Å². The molecule has 1 aromatic heterocycles. The maximum absolute atomic E-state index is 12.3. The molecule has 2 rings (SSSR count). The molecule has 1 N–H and O–H groups in total. The predicted octanol–water partition coefficient (Wildman–Crippen LogP) is 3.44. The van der Waals surface area contributed by atoms with E-state index in [9.17, 15) is 18.0 Å². The molecule has 0 unspecified atom stereocenters. The van der Waals surface area contributed by atoms with Gasteiger partial charge in [-0.05, 0) is 30.0 Å². The molecule has 0 aliphatic heterocycles. The number of carbonyl (C=O) groups is 1. The van der Waals surface area contributed by atoms with E-state index < -0.39 is 18.7 Å². The van der Waals surface area contributed by atoms with Crippen LogP contribution in [-0.4, -0.2) is 27.0 Å². The molecular formula is C15H15F3N2O2. The third-order valence-electron chi connectivity index (χ3n) is 3.20. The average Bonchev–Trinajstić information content (AvgIpc) is 2.82. The lowest BCUT2D eigenvalue weighted by atomic mass is 9.99. The summed E-state index contributed by atoms with van der Waals surface area (Å²) in [6.45, 7) is 0.712. The molecule has 0 atom stereocenters. The van der Waals surface area contributed by atoms with Crippen LogP contribution in [0.1, 0.15) is 17.5 Å². The molecule has 0 saturated heterocycles. The van der Waals surface area contributed by atoms with Gasteiger partial charge in [0.25, 0.3) is 0 Å². The van der Waals surface area contributed by atoms with Gasteiger partial charge in [-0.2, -0.15) is 18.3 Å². The Morgan fingerprint density at radius 1 is 1.36 bits per heavy atom. The third kappa shape index (κ3) is 4.34. The van der Waals surface area contributed by atoms with E-state index in [0.717, 1.165) is 21.4 Å². The van der Waals surface area contributed by atoms with Crippen molar-refractivity contribution in [2.24, 2.45) is 0 Å². The summed E-state index contributed by atoms with van der Waals surface area (Å²) in [5.74, 6) is -0.866. The first kappa shape index (κ1) is 16.1. The summed E-state index contributed by atoms with van der Waals surface area (Å²) in [5.41, 5.74) is 3.14. The highest BCUT2D eigenvalue weighted by molar-refractivity contribution is 5.68. The lowest BCUT2D eigenvalue weighted by Gasteiger charge is -2.07. The van der Waals surface area contributed by atoms with Crippen LogP contribution in [0.5, 0.6) is 0 Å². The molecule has 0 spiro atoms. The van der Waals surface area contributed by atoms with Gasteiger partial charge in [-0.1, -0.05) is 18.2 Å². The van der Waals surface area contributed by atoms with Crippen LogP contribution in [0.2, 0.25) is 0 Å². The molecule has 7 heteroatoms. The Morgan fingerprint density at radius 3 is 2.68 bits per heavy atom. The SMILES string of the molecule is Cc1cc(CCC(=O)O)ccc1-c1cnn(CC(F)(F)F)c1. The van der Waals surface area contributed by atoms with E-state index in [1.807, 2.05) is 13.0 Å². The Hall–Kier alpha value is -2.31. The van der Waals surface area contributed by atoms with Gasteiger partial charge >= 0.3 is 12.1 Å². The molecule has 0 fully saturated rings. The molecule has 0 saturated carbocycles. The number of halogens is 3. The monoisotopic (exact) mass is 312 g/mol. The van der Waals surface area contributed by atoms with Crippen molar-refractivity contribution in [3.63, 3.8) is 0 Å². The molecule has 118 valence electrons. The Kier molecular flexibility index (Phi) is 4.54. The number of rotatable bonds is 5. The maximum atomic E-state index is 12.3. The first-order valence-corrected chi connectivity index (χ1v) is 6.65. The lowest BCUT2D eigenvalue weighted by Crippen LogP contribution is -2.17. The van der Waals surface area contributed by atoms with Crippen molar-refractivity contribution in [1.29, 1.82) is 0 Å². The first-order chi connectivity index (χ1) is 10.2. The van der Waals surface area contributed by atoms with Gasteiger partial charge in [0.2, 0.25) is 0 Å². The number of aryl methyl sites for hydroxylation is 2. The Balaban J connectivity index is 2.17. The van der Waals surface area contributed by atoms with Crippen LogP contribution in [0.4, 0.5) is 13.2 Å². The number of carboxylic acid groups (broad SMARTS) is 1. The molecular weight excluding hydrogens is 297 g/mol. The number of hydrogen-bond donors (Lipinski definition) is 1. The van der Waals surface area contributed by atoms with E-state index in [-0.39, 0.29) is 6.42 Å². The number of carboxylic acids is 1. The summed E-state index contributed by atoms with van der Waals surface area (Å²) in [7, 11) is 0. The van der Waals surface area contributed by atoms with Gasteiger partial charge in [0.05, 0.1) is 6.20 Å². The van der Waals surface area contributed by atoms with Gasteiger partial charge in [0, 0.05) is 18.2 Å². The standard InChI is InChI=1S/C15H15F3N2O2/c1-10-6-11(3-5-14(21)22)2-4-13(10)12-7-19-20(8-12)9-15(16,17)18/h2,4,6-8H,3,5,9H2,1H3,(H,21,22). The Labute approximate surface area is 125 Å². The zero-order valence-corrected chi connectivity index (χ0v) is 11.9. The highest BCUT2D eigenvalue weighted by Crippen LogP contribution is 2.25. The number of alkyl halides is 3. The average molecular weight is 312 g/mol. The van der Waals surface area contributed by atoms with Gasteiger partial charge in [-0.15, -0.1) is 0 Å². The minimum Gasteiger partial charge on any atom is -0.481 e. The fourth-order valence-corrected chi connectivity index (χ4v) is 2.23. The Morgan fingerprint density at radius 2 is 2.09 bits per heavy atom. The smallest absolute Gasteiger partial charge is 0.408 e. The molecule has 1 heterocycles. The van der Waals surface area contributed by atoms with E-state index in [1.54, 1.807) is 12.1 Å². The van der Waals surface area contributed by atoms with Crippen molar-refractivity contribution < 1.29 is 23.1 Å². The highest BCUT2D eigenvalue weighted by atomic mass is 19.4. The molecule has 0 aliphatic carbocycles. The molecule has 22 heavy (non-hydrogen) atoms. The van der Waals surface area contributed by atoms with Gasteiger partial charge in [0.1, 0.15) is 6.54 Å². The molecule has 0 amide bonds. The first-order valence-electron chi connectivity index (χ1n) is 6.65. The van der Waals surface area contributed by atoms with E-state index in [2.05, 4.69) is 5.10 Å². The number of aromatic nitrogens is 2. The second-order valence-corrected chi connectivity index (χ2v) is 5.08. The van der Waals surface area contributed by atoms with Crippen molar-refractivity contribution >= 4 is 5.97 Å². The molecule has 0 aliphatic rings. The number of hydrogen-bond acceptors (Lipinski definition) is 2. The third-order valence-corrected chi connectivity index (χ3v) is 3.20. The van der Waals surface area contributed by atoms with E-state index >= 15 is 0 Å². The van der Waals surface area contributed by atoms with Crippen molar-refractivity contribution in [3.05, 3.63) is 41.7 Å². The van der Waals surface area contributed by atoms with Crippen LogP contribution in [0.25, 0.3) is 11.1 Å². The molecule has 0 bridgehead atoms. The maximum Gasteiger partial charge on any atom is 0.408 e. The minimum absolute atomic E-state index is 0.0440. The van der Waals surface area contributed by atoms with Gasteiger partial charge in [-0.3, -0.25) is 9.48 Å². The van der Waals surface area contributed by atoms with Gasteiger partial charge in [0.15, 0.2) is 0 Å². The fraction of sp³-hybridized carbons (Fsp3) is 0.333. The topological polar surface area (TPSA) is 55.1 Å². The molecule has 0 radical (unpaired) electrons. The van der Waals surface area contributed by atoms with Gasteiger partial charge < -0.3 is 5.11 Å². The lowest BCUT2D eigenvalue weighted by molar-refractivity contribution is -0.142. The van der Waals surface area contributed by atoms with E-state index in [4.69, 9.17) is 5.11 Å². The molecule has 4 nitrogen and oxygen atoms in total. The van der Waals surface area contributed by atoms with Crippen molar-refractivity contribution in [3.8, 4) is 11.1 Å². The summed E-state index contributed by atoms with van der Waals surface area (Å²) in [6.07, 6.45) is -1.09. The predicted molar refractivity (Wildman–Crippen MR) is 74.4 cm³/mol. The van der Waals surface area contributed by atoms with Crippen molar-refractivity contribution in [2.75, 3.05) is 0 Å². The zero-order chi connectivity index (χ0) is 16.3. The van der Waals surface area contributed by atoms with E-state index in [1.165, 1.54) is 12.4 Å².